The summed E-state index contributed by atoms with van der Waals surface area (Å²) in [5.74, 6) is -0.948. The van der Waals surface area contributed by atoms with Gasteiger partial charge in [-0.05, 0) is 18.9 Å². The van der Waals surface area contributed by atoms with E-state index >= 15 is 0 Å². The second-order valence-corrected chi connectivity index (χ2v) is 6.76. The fourth-order valence-electron chi connectivity index (χ4n) is 3.87. The van der Waals surface area contributed by atoms with Crippen LogP contribution >= 0.6 is 0 Å². The first-order chi connectivity index (χ1) is 11.1. The predicted octanol–water partition coefficient (Wildman–Crippen LogP) is 3.23. The largest absolute Gasteiger partial charge is 0.481 e. The van der Waals surface area contributed by atoms with Crippen LogP contribution in [0.4, 0.5) is 4.39 Å². The van der Waals surface area contributed by atoms with Gasteiger partial charge >= 0.3 is 5.97 Å². The molecule has 1 aliphatic heterocycles. The summed E-state index contributed by atoms with van der Waals surface area (Å²) >= 11 is 0. The van der Waals surface area contributed by atoms with Crippen molar-refractivity contribution in [2.45, 2.75) is 38.2 Å². The fourth-order valence-corrected chi connectivity index (χ4v) is 3.87. The third-order valence-electron chi connectivity index (χ3n) is 5.19. The Morgan fingerprint density at radius 1 is 1.30 bits per heavy atom. The van der Waals surface area contributed by atoms with Gasteiger partial charge in [0.25, 0.3) is 0 Å². The molecule has 1 atom stereocenters. The second-order valence-electron chi connectivity index (χ2n) is 6.76. The molecule has 0 aromatic heterocycles. The smallest absolute Gasteiger partial charge is 0.310 e. The second kappa shape index (κ2) is 6.97. The average molecular weight is 321 g/mol. The van der Waals surface area contributed by atoms with Crippen LogP contribution in [0.2, 0.25) is 0 Å². The van der Waals surface area contributed by atoms with Gasteiger partial charge in [-0.2, -0.15) is 0 Å². The Bertz CT molecular complexity index is 557. The van der Waals surface area contributed by atoms with Crippen LogP contribution < -0.4 is 0 Å². The Kier molecular flexibility index (Phi) is 4.97. The van der Waals surface area contributed by atoms with E-state index in [4.69, 9.17) is 4.74 Å². The van der Waals surface area contributed by atoms with Crippen LogP contribution in [0.3, 0.4) is 0 Å². The number of carboxylic acids is 1. The maximum Gasteiger partial charge on any atom is 0.310 e. The van der Waals surface area contributed by atoms with Crippen molar-refractivity contribution >= 4 is 5.97 Å². The molecule has 1 aromatic carbocycles. The molecule has 2 aliphatic rings. The van der Waals surface area contributed by atoms with Crippen molar-refractivity contribution in [2.24, 2.45) is 5.41 Å². The molecule has 126 valence electrons. The Labute approximate surface area is 136 Å². The molecule has 1 aromatic rings. The van der Waals surface area contributed by atoms with E-state index in [2.05, 4.69) is 4.90 Å². The topological polar surface area (TPSA) is 49.8 Å². The van der Waals surface area contributed by atoms with Gasteiger partial charge < -0.3 is 9.84 Å². The summed E-state index contributed by atoms with van der Waals surface area (Å²) in [5.41, 5.74) is -0.0831. The van der Waals surface area contributed by atoms with Gasteiger partial charge in [-0.1, -0.05) is 37.5 Å². The lowest BCUT2D eigenvalue weighted by atomic mass is 9.73. The fraction of sp³-hybridized carbons (Fsp3) is 0.611. The highest BCUT2D eigenvalue weighted by Gasteiger charge is 2.42. The molecule has 0 radical (unpaired) electrons. The third kappa shape index (κ3) is 3.56. The minimum Gasteiger partial charge on any atom is -0.481 e. The van der Waals surface area contributed by atoms with E-state index < -0.39 is 11.4 Å². The van der Waals surface area contributed by atoms with Gasteiger partial charge in [-0.15, -0.1) is 0 Å². The van der Waals surface area contributed by atoms with Gasteiger partial charge in [0.1, 0.15) is 5.82 Å². The van der Waals surface area contributed by atoms with Crippen molar-refractivity contribution < 1.29 is 19.0 Å². The number of morpholine rings is 1. The summed E-state index contributed by atoms with van der Waals surface area (Å²) in [4.78, 5) is 14.0. The van der Waals surface area contributed by atoms with Gasteiger partial charge in [0, 0.05) is 25.2 Å². The van der Waals surface area contributed by atoms with E-state index in [1.54, 1.807) is 18.2 Å². The molecule has 23 heavy (non-hydrogen) atoms. The lowest BCUT2D eigenvalue weighted by molar-refractivity contribution is -0.154. The first-order valence-electron chi connectivity index (χ1n) is 8.42. The Morgan fingerprint density at radius 3 is 2.74 bits per heavy atom. The van der Waals surface area contributed by atoms with Gasteiger partial charge in [-0.3, -0.25) is 9.69 Å². The van der Waals surface area contributed by atoms with Crippen molar-refractivity contribution in [1.29, 1.82) is 0 Å². The molecule has 1 heterocycles. The molecule has 2 fully saturated rings. The molecule has 1 N–H and O–H groups in total. The minimum atomic E-state index is -0.689. The molecule has 1 aliphatic carbocycles. The molecule has 5 heteroatoms. The molecule has 0 bridgehead atoms. The SMILES string of the molecule is O=C(O)C1(CN2CCO[C@H](c3ccccc3F)C2)CCCCC1. The minimum absolute atomic E-state index is 0.259. The van der Waals surface area contributed by atoms with Crippen molar-refractivity contribution in [3.05, 3.63) is 35.6 Å². The summed E-state index contributed by atoms with van der Waals surface area (Å²) in [6.07, 6.45) is 4.24. The highest BCUT2D eigenvalue weighted by molar-refractivity contribution is 5.75. The van der Waals surface area contributed by atoms with E-state index in [1.165, 1.54) is 6.07 Å². The molecule has 0 amide bonds. The number of aliphatic carboxylic acids is 1. The van der Waals surface area contributed by atoms with Crippen molar-refractivity contribution in [2.75, 3.05) is 26.2 Å². The van der Waals surface area contributed by atoms with E-state index in [0.717, 1.165) is 32.1 Å². The summed E-state index contributed by atoms with van der Waals surface area (Å²) in [5, 5.41) is 9.73. The van der Waals surface area contributed by atoms with Crippen molar-refractivity contribution in [3.63, 3.8) is 0 Å². The van der Waals surface area contributed by atoms with Crippen LogP contribution in [0.1, 0.15) is 43.8 Å². The van der Waals surface area contributed by atoms with E-state index in [9.17, 15) is 14.3 Å². The Morgan fingerprint density at radius 2 is 2.04 bits per heavy atom. The number of rotatable bonds is 4. The molecular formula is C18H24FNO3. The zero-order chi connectivity index (χ0) is 16.3. The van der Waals surface area contributed by atoms with E-state index in [-0.39, 0.29) is 11.9 Å². The highest BCUT2D eigenvalue weighted by Crippen LogP contribution is 2.38. The zero-order valence-corrected chi connectivity index (χ0v) is 13.3. The highest BCUT2D eigenvalue weighted by atomic mass is 19.1. The lowest BCUT2D eigenvalue weighted by Crippen LogP contribution is -2.48. The summed E-state index contributed by atoms with van der Waals surface area (Å²) in [6, 6.07) is 6.66. The maximum absolute atomic E-state index is 14.0. The van der Waals surface area contributed by atoms with Gasteiger partial charge in [-0.25, -0.2) is 4.39 Å². The molecule has 0 unspecified atom stereocenters. The van der Waals surface area contributed by atoms with Crippen LogP contribution in [0.5, 0.6) is 0 Å². The van der Waals surface area contributed by atoms with Crippen LogP contribution in [0.25, 0.3) is 0 Å². The van der Waals surface area contributed by atoms with Crippen LogP contribution in [-0.2, 0) is 9.53 Å². The van der Waals surface area contributed by atoms with Gasteiger partial charge in [0.05, 0.1) is 18.1 Å². The van der Waals surface area contributed by atoms with Gasteiger partial charge in [0.15, 0.2) is 0 Å². The number of ether oxygens (including phenoxy) is 1. The Hall–Kier alpha value is -1.46. The molecule has 4 nitrogen and oxygen atoms in total. The molecule has 1 saturated carbocycles. The summed E-state index contributed by atoms with van der Waals surface area (Å²) in [6.45, 7) is 2.31. The van der Waals surface area contributed by atoms with Crippen LogP contribution in [0, 0.1) is 11.2 Å². The lowest BCUT2D eigenvalue weighted by Gasteiger charge is -2.41. The molecule has 0 spiro atoms. The number of carbonyl (C=O) groups is 1. The molecular weight excluding hydrogens is 297 g/mol. The Balaban J connectivity index is 1.71. The first-order valence-corrected chi connectivity index (χ1v) is 8.42. The third-order valence-corrected chi connectivity index (χ3v) is 5.19. The zero-order valence-electron chi connectivity index (χ0n) is 13.3. The standard InChI is InChI=1S/C18H24FNO3/c19-15-7-3-2-6-14(15)16-12-20(10-11-23-16)13-18(17(21)22)8-4-1-5-9-18/h2-3,6-7,16H,1,4-5,8-13H2,(H,21,22)/t16-/m0/s1. The van der Waals surface area contributed by atoms with Crippen LogP contribution in [0.15, 0.2) is 24.3 Å². The number of hydrogen-bond donors (Lipinski definition) is 1. The number of halogens is 1. The normalized spacial score (nSPS) is 25.2. The molecule has 1 saturated heterocycles. The average Bonchev–Trinajstić information content (AvgIpc) is 2.56. The number of hydrogen-bond acceptors (Lipinski definition) is 3. The van der Waals surface area contributed by atoms with Crippen molar-refractivity contribution in [3.8, 4) is 0 Å². The number of nitrogens with zero attached hydrogens (tertiary/aromatic N) is 1. The summed E-state index contributed by atoms with van der Waals surface area (Å²) < 4.78 is 19.7. The predicted molar refractivity (Wildman–Crippen MR) is 84.7 cm³/mol. The molecule has 3 rings (SSSR count). The quantitative estimate of drug-likeness (QED) is 0.925. The maximum atomic E-state index is 14.0. The summed E-state index contributed by atoms with van der Waals surface area (Å²) in [7, 11) is 0. The van der Waals surface area contributed by atoms with Crippen LogP contribution in [-0.4, -0.2) is 42.2 Å². The van der Waals surface area contributed by atoms with Gasteiger partial charge in [0.2, 0.25) is 0 Å². The number of carboxylic acid groups (broad SMARTS) is 1. The van der Waals surface area contributed by atoms with Crippen molar-refractivity contribution in [1.82, 2.24) is 4.90 Å². The monoisotopic (exact) mass is 321 g/mol. The van der Waals surface area contributed by atoms with E-state index in [1.807, 2.05) is 0 Å². The first kappa shape index (κ1) is 16.4. The van der Waals surface area contributed by atoms with E-state index in [0.29, 0.717) is 31.8 Å². The number of benzene rings is 1.